The maximum atomic E-state index is 12.4. The van der Waals surface area contributed by atoms with Crippen LogP contribution in [-0.2, 0) is 11.2 Å². The molecule has 3 aromatic rings. The molecule has 30 heavy (non-hydrogen) atoms. The van der Waals surface area contributed by atoms with Crippen LogP contribution >= 0.6 is 0 Å². The van der Waals surface area contributed by atoms with E-state index in [-0.39, 0.29) is 23.6 Å². The summed E-state index contributed by atoms with van der Waals surface area (Å²) in [7, 11) is 1.46. The minimum atomic E-state index is -0.530. The van der Waals surface area contributed by atoms with Gasteiger partial charge in [-0.05, 0) is 29.8 Å². The van der Waals surface area contributed by atoms with Crippen molar-refractivity contribution in [2.75, 3.05) is 17.7 Å². The topological polar surface area (TPSA) is 111 Å². The first-order valence-electron chi connectivity index (χ1n) is 9.04. The molecule has 3 aromatic carbocycles. The van der Waals surface area contributed by atoms with E-state index in [0.29, 0.717) is 17.1 Å². The summed E-state index contributed by atoms with van der Waals surface area (Å²) in [6.07, 6.45) is 0.225. The molecule has 0 bridgehead atoms. The van der Waals surface area contributed by atoms with Crippen LogP contribution in [0.5, 0.6) is 5.75 Å². The van der Waals surface area contributed by atoms with Gasteiger partial charge in [-0.3, -0.25) is 19.7 Å². The number of carbonyl (C=O) groups is 2. The van der Waals surface area contributed by atoms with Crippen LogP contribution in [0.4, 0.5) is 17.1 Å². The number of anilines is 2. The molecule has 0 spiro atoms. The van der Waals surface area contributed by atoms with Crippen LogP contribution in [0.15, 0.2) is 72.8 Å². The van der Waals surface area contributed by atoms with Crippen LogP contribution in [0.3, 0.4) is 0 Å². The first kappa shape index (κ1) is 20.5. The van der Waals surface area contributed by atoms with Crippen LogP contribution in [0.25, 0.3) is 0 Å². The lowest BCUT2D eigenvalue weighted by molar-refractivity contribution is -0.384. The highest BCUT2D eigenvalue weighted by atomic mass is 16.6. The van der Waals surface area contributed by atoms with Gasteiger partial charge in [-0.25, -0.2) is 0 Å². The van der Waals surface area contributed by atoms with E-state index in [2.05, 4.69) is 10.6 Å². The quantitative estimate of drug-likeness (QED) is 0.455. The van der Waals surface area contributed by atoms with Gasteiger partial charge in [0, 0.05) is 29.4 Å². The SMILES string of the molecule is COc1cc(NC(=O)c2ccc([N+](=O)[O-])cc2)ccc1NC(=O)Cc1ccccc1. The summed E-state index contributed by atoms with van der Waals surface area (Å²) >= 11 is 0. The molecule has 8 nitrogen and oxygen atoms in total. The minimum absolute atomic E-state index is 0.0937. The molecule has 2 amide bonds. The lowest BCUT2D eigenvalue weighted by Gasteiger charge is -2.13. The third-order valence-corrected chi connectivity index (χ3v) is 4.28. The first-order valence-corrected chi connectivity index (χ1v) is 9.04. The molecule has 0 atom stereocenters. The second-order valence-electron chi connectivity index (χ2n) is 6.38. The molecule has 2 N–H and O–H groups in total. The van der Waals surface area contributed by atoms with E-state index in [1.165, 1.54) is 31.4 Å². The fraction of sp³-hybridized carbons (Fsp3) is 0.0909. The molecule has 152 valence electrons. The number of ether oxygens (including phenoxy) is 1. The predicted octanol–water partition coefficient (Wildman–Crippen LogP) is 4.04. The number of nitro benzene ring substituents is 1. The predicted molar refractivity (Wildman–Crippen MR) is 113 cm³/mol. The Hall–Kier alpha value is -4.20. The third kappa shape index (κ3) is 5.20. The van der Waals surface area contributed by atoms with Gasteiger partial charge < -0.3 is 15.4 Å². The fourth-order valence-electron chi connectivity index (χ4n) is 2.79. The fourth-order valence-corrected chi connectivity index (χ4v) is 2.79. The number of carbonyl (C=O) groups excluding carboxylic acids is 2. The Bertz CT molecular complexity index is 1070. The smallest absolute Gasteiger partial charge is 0.269 e. The molecule has 0 saturated heterocycles. The number of methoxy groups -OCH3 is 1. The van der Waals surface area contributed by atoms with Crippen LogP contribution in [0.1, 0.15) is 15.9 Å². The summed E-state index contributed by atoms with van der Waals surface area (Å²) in [6, 6.07) is 19.5. The number of hydrogen-bond donors (Lipinski definition) is 2. The van der Waals surface area contributed by atoms with Gasteiger partial charge in [0.15, 0.2) is 0 Å². The average Bonchev–Trinajstić information content (AvgIpc) is 2.75. The molecule has 0 aliphatic carbocycles. The molecular weight excluding hydrogens is 386 g/mol. The summed E-state index contributed by atoms with van der Waals surface area (Å²) in [5.74, 6) is -0.229. The molecule has 8 heteroatoms. The summed E-state index contributed by atoms with van der Waals surface area (Å²) in [4.78, 5) is 34.8. The Labute approximate surface area is 172 Å². The van der Waals surface area contributed by atoms with Crippen LogP contribution in [-0.4, -0.2) is 23.8 Å². The molecular formula is C22H19N3O5. The Kier molecular flexibility index (Phi) is 6.39. The van der Waals surface area contributed by atoms with E-state index < -0.39 is 10.8 Å². The molecule has 0 aliphatic rings. The van der Waals surface area contributed by atoms with Crippen molar-refractivity contribution in [3.63, 3.8) is 0 Å². The average molecular weight is 405 g/mol. The van der Waals surface area contributed by atoms with Crippen molar-refractivity contribution in [1.29, 1.82) is 0 Å². The third-order valence-electron chi connectivity index (χ3n) is 4.28. The number of hydrogen-bond acceptors (Lipinski definition) is 5. The second-order valence-corrected chi connectivity index (χ2v) is 6.38. The standard InChI is InChI=1S/C22H19N3O5/c1-30-20-14-17(23-22(27)16-7-10-18(11-8-16)25(28)29)9-12-19(20)24-21(26)13-15-5-3-2-4-6-15/h2-12,14H,13H2,1H3,(H,23,27)(H,24,26). The van der Waals surface area contributed by atoms with Crippen molar-refractivity contribution in [3.8, 4) is 5.75 Å². The number of rotatable bonds is 7. The van der Waals surface area contributed by atoms with Gasteiger partial charge in [-0.1, -0.05) is 30.3 Å². The number of amides is 2. The van der Waals surface area contributed by atoms with E-state index >= 15 is 0 Å². The Morgan fingerprint density at radius 2 is 1.67 bits per heavy atom. The van der Waals surface area contributed by atoms with Crippen molar-refractivity contribution >= 4 is 28.9 Å². The number of benzene rings is 3. The first-order chi connectivity index (χ1) is 14.5. The van der Waals surface area contributed by atoms with E-state index in [9.17, 15) is 19.7 Å². The zero-order chi connectivity index (χ0) is 21.5. The summed E-state index contributed by atoms with van der Waals surface area (Å²) < 4.78 is 5.33. The molecule has 0 aliphatic heterocycles. The van der Waals surface area contributed by atoms with E-state index in [1.807, 2.05) is 30.3 Å². The lowest BCUT2D eigenvalue weighted by Crippen LogP contribution is -2.15. The molecule has 3 rings (SSSR count). The van der Waals surface area contributed by atoms with Crippen LogP contribution in [0.2, 0.25) is 0 Å². The molecule has 0 fully saturated rings. The minimum Gasteiger partial charge on any atom is -0.494 e. The maximum absolute atomic E-state index is 12.4. The van der Waals surface area contributed by atoms with E-state index in [1.54, 1.807) is 18.2 Å². The highest BCUT2D eigenvalue weighted by Crippen LogP contribution is 2.28. The molecule has 0 aromatic heterocycles. The zero-order valence-electron chi connectivity index (χ0n) is 16.1. The molecule has 0 unspecified atom stereocenters. The van der Waals surface area contributed by atoms with E-state index in [4.69, 9.17) is 4.74 Å². The lowest BCUT2D eigenvalue weighted by atomic mass is 10.1. The molecule has 0 saturated carbocycles. The molecule has 0 heterocycles. The Morgan fingerprint density at radius 1 is 0.967 bits per heavy atom. The Morgan fingerprint density at radius 3 is 2.30 bits per heavy atom. The normalized spacial score (nSPS) is 10.2. The number of nitro groups is 1. The Balaban J connectivity index is 1.68. The van der Waals surface area contributed by atoms with Crippen molar-refractivity contribution in [2.24, 2.45) is 0 Å². The van der Waals surface area contributed by atoms with Crippen molar-refractivity contribution in [3.05, 3.63) is 94.0 Å². The van der Waals surface area contributed by atoms with Gasteiger partial charge in [0.1, 0.15) is 5.75 Å². The van der Waals surface area contributed by atoms with Gasteiger partial charge in [-0.15, -0.1) is 0 Å². The van der Waals surface area contributed by atoms with Crippen molar-refractivity contribution in [1.82, 2.24) is 0 Å². The molecule has 0 radical (unpaired) electrons. The van der Waals surface area contributed by atoms with Gasteiger partial charge in [-0.2, -0.15) is 0 Å². The largest absolute Gasteiger partial charge is 0.494 e. The van der Waals surface area contributed by atoms with Gasteiger partial charge >= 0.3 is 0 Å². The number of nitrogens with one attached hydrogen (secondary N) is 2. The van der Waals surface area contributed by atoms with Crippen molar-refractivity contribution in [2.45, 2.75) is 6.42 Å². The van der Waals surface area contributed by atoms with Gasteiger partial charge in [0.25, 0.3) is 11.6 Å². The number of nitrogens with zero attached hydrogens (tertiary/aromatic N) is 1. The highest BCUT2D eigenvalue weighted by molar-refractivity contribution is 6.04. The zero-order valence-corrected chi connectivity index (χ0v) is 16.1. The van der Waals surface area contributed by atoms with Crippen molar-refractivity contribution < 1.29 is 19.2 Å². The summed E-state index contributed by atoms with van der Waals surface area (Å²) in [5.41, 5.74) is 2.01. The maximum Gasteiger partial charge on any atom is 0.269 e. The van der Waals surface area contributed by atoms with E-state index in [0.717, 1.165) is 5.56 Å². The summed E-state index contributed by atoms with van der Waals surface area (Å²) in [6.45, 7) is 0. The highest BCUT2D eigenvalue weighted by Gasteiger charge is 2.13. The van der Waals surface area contributed by atoms with Gasteiger partial charge in [0.2, 0.25) is 5.91 Å². The van der Waals surface area contributed by atoms with Crippen LogP contribution < -0.4 is 15.4 Å². The summed E-state index contributed by atoms with van der Waals surface area (Å²) in [5, 5.41) is 16.2. The monoisotopic (exact) mass is 405 g/mol. The van der Waals surface area contributed by atoms with Gasteiger partial charge in [0.05, 0.1) is 24.1 Å². The van der Waals surface area contributed by atoms with Crippen LogP contribution in [0, 0.1) is 10.1 Å². The number of non-ortho nitro benzene ring substituents is 1. The second kappa shape index (κ2) is 9.33.